The summed E-state index contributed by atoms with van der Waals surface area (Å²) in [7, 11) is 0. The molecule has 1 saturated heterocycles. The molecule has 5 nitrogen and oxygen atoms in total. The monoisotopic (exact) mass is 270 g/mol. The van der Waals surface area contributed by atoms with Crippen molar-refractivity contribution in [1.29, 1.82) is 0 Å². The molecule has 1 aliphatic rings. The number of para-hydroxylation sites is 1. The van der Waals surface area contributed by atoms with Gasteiger partial charge in [0, 0.05) is 25.0 Å². The lowest BCUT2D eigenvalue weighted by Gasteiger charge is -2.28. The van der Waals surface area contributed by atoms with E-state index >= 15 is 0 Å². The summed E-state index contributed by atoms with van der Waals surface area (Å²) in [6.45, 7) is 7.57. The Kier molecular flexibility index (Phi) is 3.78. The van der Waals surface area contributed by atoms with Crippen LogP contribution in [-0.4, -0.2) is 42.8 Å². The first-order chi connectivity index (χ1) is 9.88. The Balaban J connectivity index is 2.04. The molecule has 0 unspecified atom stereocenters. The molecular weight excluding hydrogens is 252 g/mol. The Morgan fingerprint density at radius 1 is 1.25 bits per heavy atom. The zero-order valence-electron chi connectivity index (χ0n) is 11.4. The molecule has 1 fully saturated rings. The predicted molar refractivity (Wildman–Crippen MR) is 81.3 cm³/mol. The van der Waals surface area contributed by atoms with Gasteiger partial charge >= 0.3 is 0 Å². The number of rotatable bonds is 4. The molecule has 2 aromatic rings. The Hall–Kier alpha value is -2.14. The van der Waals surface area contributed by atoms with Crippen LogP contribution in [0.4, 0.5) is 11.8 Å². The van der Waals surface area contributed by atoms with Gasteiger partial charge in [-0.25, -0.2) is 4.98 Å². The molecule has 3 rings (SSSR count). The van der Waals surface area contributed by atoms with Crippen LogP contribution >= 0.6 is 0 Å². The highest BCUT2D eigenvalue weighted by molar-refractivity contribution is 5.90. The average Bonchev–Trinajstić information content (AvgIpc) is 2.53. The van der Waals surface area contributed by atoms with Gasteiger partial charge in [-0.2, -0.15) is 4.98 Å². The maximum absolute atomic E-state index is 5.41. The van der Waals surface area contributed by atoms with Crippen molar-refractivity contribution >= 4 is 22.7 Å². The Morgan fingerprint density at radius 2 is 2.05 bits per heavy atom. The number of morpholine rings is 1. The minimum Gasteiger partial charge on any atom is -0.378 e. The summed E-state index contributed by atoms with van der Waals surface area (Å²) in [6, 6.07) is 8.10. The average molecular weight is 270 g/mol. The lowest BCUT2D eigenvalue weighted by Crippen LogP contribution is -2.37. The van der Waals surface area contributed by atoms with Crippen molar-refractivity contribution in [3.63, 3.8) is 0 Å². The number of hydrogen-bond acceptors (Lipinski definition) is 5. The van der Waals surface area contributed by atoms with Gasteiger partial charge < -0.3 is 15.0 Å². The first kappa shape index (κ1) is 12.9. The standard InChI is InChI=1S/C15H18N4O/c1-2-7-16-15-17-13-6-4-3-5-12(13)14(18-15)19-8-10-20-11-9-19/h2-6H,1,7-11H2,(H,16,17,18). The Morgan fingerprint density at radius 3 is 2.85 bits per heavy atom. The fraction of sp³-hybridized carbons (Fsp3) is 0.333. The second-order valence-corrected chi connectivity index (χ2v) is 4.66. The smallest absolute Gasteiger partial charge is 0.225 e. The van der Waals surface area contributed by atoms with Crippen LogP contribution in [0.2, 0.25) is 0 Å². The number of ether oxygens (including phenoxy) is 1. The quantitative estimate of drug-likeness (QED) is 0.862. The molecule has 0 atom stereocenters. The summed E-state index contributed by atoms with van der Waals surface area (Å²) in [6.07, 6.45) is 1.80. The summed E-state index contributed by atoms with van der Waals surface area (Å²) >= 11 is 0. The van der Waals surface area contributed by atoms with Crippen molar-refractivity contribution in [2.45, 2.75) is 0 Å². The predicted octanol–water partition coefficient (Wildman–Crippen LogP) is 2.06. The van der Waals surface area contributed by atoms with Crippen LogP contribution in [0.25, 0.3) is 10.9 Å². The maximum atomic E-state index is 5.41. The van der Waals surface area contributed by atoms with E-state index < -0.39 is 0 Å². The zero-order valence-corrected chi connectivity index (χ0v) is 11.4. The van der Waals surface area contributed by atoms with Crippen molar-refractivity contribution in [2.75, 3.05) is 43.1 Å². The van der Waals surface area contributed by atoms with Crippen LogP contribution in [0.3, 0.4) is 0 Å². The SMILES string of the molecule is C=CCNc1nc(N2CCOCC2)c2ccccc2n1. The largest absolute Gasteiger partial charge is 0.378 e. The lowest BCUT2D eigenvalue weighted by atomic mass is 10.2. The van der Waals surface area contributed by atoms with Gasteiger partial charge in [-0.3, -0.25) is 0 Å². The van der Waals surface area contributed by atoms with E-state index in [-0.39, 0.29) is 0 Å². The van der Waals surface area contributed by atoms with Gasteiger partial charge in [-0.05, 0) is 12.1 Å². The Labute approximate surface area is 118 Å². The summed E-state index contributed by atoms with van der Waals surface area (Å²) in [5.41, 5.74) is 0.954. The minimum absolute atomic E-state index is 0.644. The molecule has 2 heterocycles. The highest BCUT2D eigenvalue weighted by atomic mass is 16.5. The molecular formula is C15H18N4O. The molecule has 5 heteroatoms. The first-order valence-corrected chi connectivity index (χ1v) is 6.83. The third-order valence-electron chi connectivity index (χ3n) is 3.30. The number of hydrogen-bond donors (Lipinski definition) is 1. The summed E-state index contributed by atoms with van der Waals surface area (Å²) in [5, 5.41) is 4.25. The molecule has 1 aromatic carbocycles. The van der Waals surface area contributed by atoms with Crippen molar-refractivity contribution in [2.24, 2.45) is 0 Å². The van der Waals surface area contributed by atoms with Crippen molar-refractivity contribution in [1.82, 2.24) is 9.97 Å². The zero-order chi connectivity index (χ0) is 13.8. The van der Waals surface area contributed by atoms with E-state index in [1.165, 1.54) is 0 Å². The van der Waals surface area contributed by atoms with E-state index in [0.29, 0.717) is 12.5 Å². The second kappa shape index (κ2) is 5.88. The molecule has 0 saturated carbocycles. The number of nitrogens with one attached hydrogen (secondary N) is 1. The van der Waals surface area contributed by atoms with Crippen molar-refractivity contribution in [3.05, 3.63) is 36.9 Å². The van der Waals surface area contributed by atoms with E-state index in [2.05, 4.69) is 32.8 Å². The molecule has 0 aliphatic carbocycles. The molecule has 20 heavy (non-hydrogen) atoms. The van der Waals surface area contributed by atoms with E-state index in [9.17, 15) is 0 Å². The fourth-order valence-electron chi connectivity index (χ4n) is 2.32. The van der Waals surface area contributed by atoms with Gasteiger partial charge in [0.05, 0.1) is 18.7 Å². The number of benzene rings is 1. The van der Waals surface area contributed by atoms with Gasteiger partial charge in [-0.15, -0.1) is 6.58 Å². The normalized spacial score (nSPS) is 15.3. The molecule has 0 radical (unpaired) electrons. The lowest BCUT2D eigenvalue weighted by molar-refractivity contribution is 0.122. The third kappa shape index (κ3) is 2.58. The van der Waals surface area contributed by atoms with Crippen LogP contribution in [-0.2, 0) is 4.74 Å². The molecule has 0 spiro atoms. The fourth-order valence-corrected chi connectivity index (χ4v) is 2.32. The van der Waals surface area contributed by atoms with Crippen molar-refractivity contribution < 1.29 is 4.74 Å². The molecule has 1 aromatic heterocycles. The molecule has 1 N–H and O–H groups in total. The van der Waals surface area contributed by atoms with E-state index in [4.69, 9.17) is 4.74 Å². The van der Waals surface area contributed by atoms with Gasteiger partial charge in [0.15, 0.2) is 0 Å². The van der Waals surface area contributed by atoms with Crippen LogP contribution in [0.1, 0.15) is 0 Å². The van der Waals surface area contributed by atoms with E-state index in [0.717, 1.165) is 43.0 Å². The van der Waals surface area contributed by atoms with Gasteiger partial charge in [0.1, 0.15) is 5.82 Å². The number of aromatic nitrogens is 2. The minimum atomic E-state index is 0.644. The van der Waals surface area contributed by atoms with Crippen LogP contribution in [0, 0.1) is 0 Å². The first-order valence-electron chi connectivity index (χ1n) is 6.83. The molecule has 1 aliphatic heterocycles. The molecule has 0 amide bonds. The number of fused-ring (bicyclic) bond motifs is 1. The van der Waals surface area contributed by atoms with Crippen molar-refractivity contribution in [3.8, 4) is 0 Å². The molecule has 104 valence electrons. The van der Waals surface area contributed by atoms with Crippen LogP contribution < -0.4 is 10.2 Å². The van der Waals surface area contributed by atoms with E-state index in [1.54, 1.807) is 6.08 Å². The van der Waals surface area contributed by atoms with Crippen LogP contribution in [0.5, 0.6) is 0 Å². The Bertz CT molecular complexity index is 608. The van der Waals surface area contributed by atoms with E-state index in [1.807, 2.05) is 18.2 Å². The topological polar surface area (TPSA) is 50.3 Å². The summed E-state index contributed by atoms with van der Waals surface area (Å²) in [4.78, 5) is 11.5. The second-order valence-electron chi connectivity index (χ2n) is 4.66. The van der Waals surface area contributed by atoms with Gasteiger partial charge in [0.2, 0.25) is 5.95 Å². The van der Waals surface area contributed by atoms with Crippen LogP contribution in [0.15, 0.2) is 36.9 Å². The van der Waals surface area contributed by atoms with Gasteiger partial charge in [0.25, 0.3) is 0 Å². The highest BCUT2D eigenvalue weighted by Gasteiger charge is 2.16. The third-order valence-corrected chi connectivity index (χ3v) is 3.30. The summed E-state index contributed by atoms with van der Waals surface area (Å²) < 4.78 is 5.41. The van der Waals surface area contributed by atoms with Gasteiger partial charge in [-0.1, -0.05) is 18.2 Å². The summed E-state index contributed by atoms with van der Waals surface area (Å²) in [5.74, 6) is 1.62. The highest BCUT2D eigenvalue weighted by Crippen LogP contribution is 2.25. The number of nitrogens with zero attached hydrogens (tertiary/aromatic N) is 3. The number of anilines is 2. The maximum Gasteiger partial charge on any atom is 0.225 e. The molecule has 0 bridgehead atoms.